The highest BCUT2D eigenvalue weighted by atomic mass is 16.8. The van der Waals surface area contributed by atoms with Crippen molar-refractivity contribution in [2.24, 2.45) is 5.41 Å². The van der Waals surface area contributed by atoms with E-state index in [9.17, 15) is 4.79 Å². The van der Waals surface area contributed by atoms with Gasteiger partial charge in [0.05, 0.1) is 0 Å². The van der Waals surface area contributed by atoms with Crippen LogP contribution in [0, 0.1) is 5.41 Å². The molecule has 0 bridgehead atoms. The van der Waals surface area contributed by atoms with E-state index >= 15 is 0 Å². The molecule has 1 saturated heterocycles. The smallest absolute Gasteiger partial charge is 0.424 e. The molecule has 1 aliphatic rings. The van der Waals surface area contributed by atoms with Crippen molar-refractivity contribution in [1.82, 2.24) is 0 Å². The van der Waals surface area contributed by atoms with Crippen LogP contribution in [0.3, 0.4) is 0 Å². The Bertz CT molecular complexity index is 237. The van der Waals surface area contributed by atoms with E-state index in [0.29, 0.717) is 0 Å². The van der Waals surface area contributed by atoms with Crippen LogP contribution in [0.25, 0.3) is 0 Å². The molecular weight excluding hydrogens is 168 g/mol. The predicted octanol–water partition coefficient (Wildman–Crippen LogP) is 2.74. The maximum absolute atomic E-state index is 11.1. The Hall–Kier alpha value is -0.730. The first-order valence-electron chi connectivity index (χ1n) is 4.52. The van der Waals surface area contributed by atoms with Crippen molar-refractivity contribution in [3.63, 3.8) is 0 Å². The number of ether oxygens (including phenoxy) is 2. The molecule has 1 rings (SSSR count). The summed E-state index contributed by atoms with van der Waals surface area (Å²) in [6.07, 6.45) is -0.567. The highest BCUT2D eigenvalue weighted by Gasteiger charge is 2.60. The Labute approximate surface area is 79.4 Å². The van der Waals surface area contributed by atoms with Crippen LogP contribution in [0.2, 0.25) is 0 Å². The molecule has 3 heteroatoms. The van der Waals surface area contributed by atoms with Gasteiger partial charge in [-0.3, -0.25) is 0 Å². The monoisotopic (exact) mass is 186 g/mol. The van der Waals surface area contributed by atoms with Gasteiger partial charge in [0.1, 0.15) is 5.60 Å². The number of hydrogen-bond donors (Lipinski definition) is 0. The summed E-state index contributed by atoms with van der Waals surface area (Å²) >= 11 is 0. The molecule has 1 heterocycles. The predicted molar refractivity (Wildman–Crippen MR) is 49.5 cm³/mol. The van der Waals surface area contributed by atoms with Crippen molar-refractivity contribution < 1.29 is 14.3 Å². The first-order chi connectivity index (χ1) is 5.60. The highest BCUT2D eigenvalue weighted by molar-refractivity contribution is 5.64. The molecule has 0 radical (unpaired) electrons. The second-order valence-corrected chi connectivity index (χ2v) is 5.25. The Morgan fingerprint density at radius 3 is 1.69 bits per heavy atom. The molecule has 76 valence electrons. The number of carbonyl (C=O) groups excluding carboxylic acids is 1. The lowest BCUT2D eigenvalue weighted by molar-refractivity contribution is -0.0871. The van der Waals surface area contributed by atoms with Gasteiger partial charge >= 0.3 is 6.16 Å². The Morgan fingerprint density at radius 2 is 1.54 bits per heavy atom. The van der Waals surface area contributed by atoms with E-state index in [4.69, 9.17) is 9.47 Å². The second kappa shape index (κ2) is 2.40. The van der Waals surface area contributed by atoms with Crippen molar-refractivity contribution in [2.75, 3.05) is 0 Å². The number of rotatable bonds is 0. The van der Waals surface area contributed by atoms with Gasteiger partial charge in [0.2, 0.25) is 0 Å². The molecule has 0 saturated carbocycles. The van der Waals surface area contributed by atoms with Crippen molar-refractivity contribution >= 4 is 6.16 Å². The van der Waals surface area contributed by atoms with Crippen LogP contribution < -0.4 is 0 Å². The second-order valence-electron chi connectivity index (χ2n) is 5.25. The molecule has 0 amide bonds. The zero-order valence-electron chi connectivity index (χ0n) is 9.22. The van der Waals surface area contributed by atoms with Gasteiger partial charge in [-0.1, -0.05) is 20.8 Å². The normalized spacial score (nSPS) is 32.6. The third kappa shape index (κ3) is 1.30. The Morgan fingerprint density at radius 1 is 1.08 bits per heavy atom. The van der Waals surface area contributed by atoms with Gasteiger partial charge in [0.25, 0.3) is 0 Å². The SMILES string of the molecule is CC(C)(C)C1(C)OC(=O)OC1(C)C. The van der Waals surface area contributed by atoms with E-state index in [1.807, 2.05) is 41.5 Å². The molecule has 0 aromatic carbocycles. The van der Waals surface area contributed by atoms with E-state index < -0.39 is 17.4 Å². The van der Waals surface area contributed by atoms with Gasteiger partial charge in [0, 0.05) is 5.41 Å². The molecule has 1 aliphatic heterocycles. The summed E-state index contributed by atoms with van der Waals surface area (Å²) < 4.78 is 10.4. The lowest BCUT2D eigenvalue weighted by atomic mass is 9.69. The van der Waals surface area contributed by atoms with E-state index in [1.54, 1.807) is 0 Å². The zero-order valence-corrected chi connectivity index (χ0v) is 9.22. The summed E-state index contributed by atoms with van der Waals surface area (Å²) in [5.74, 6) is 0. The van der Waals surface area contributed by atoms with Gasteiger partial charge in [-0.05, 0) is 20.8 Å². The summed E-state index contributed by atoms with van der Waals surface area (Å²) in [6, 6.07) is 0. The van der Waals surface area contributed by atoms with Crippen LogP contribution in [-0.2, 0) is 9.47 Å². The summed E-state index contributed by atoms with van der Waals surface area (Å²) in [5, 5.41) is 0. The van der Waals surface area contributed by atoms with Gasteiger partial charge in [0.15, 0.2) is 5.60 Å². The van der Waals surface area contributed by atoms with Crippen LogP contribution in [0.15, 0.2) is 0 Å². The quantitative estimate of drug-likeness (QED) is 0.546. The van der Waals surface area contributed by atoms with E-state index in [0.717, 1.165) is 0 Å². The molecule has 1 atom stereocenters. The third-order valence-corrected chi connectivity index (χ3v) is 3.21. The Kier molecular flexibility index (Phi) is 1.91. The van der Waals surface area contributed by atoms with Crippen LogP contribution >= 0.6 is 0 Å². The summed E-state index contributed by atoms with van der Waals surface area (Å²) in [5.41, 5.74) is -1.28. The average molecular weight is 186 g/mol. The van der Waals surface area contributed by atoms with Crippen LogP contribution in [0.5, 0.6) is 0 Å². The number of hydrogen-bond acceptors (Lipinski definition) is 3. The fraction of sp³-hybridized carbons (Fsp3) is 0.900. The molecule has 13 heavy (non-hydrogen) atoms. The van der Waals surface area contributed by atoms with E-state index in [2.05, 4.69) is 0 Å². The average Bonchev–Trinajstić information content (AvgIpc) is 2.00. The van der Waals surface area contributed by atoms with E-state index in [1.165, 1.54) is 0 Å². The first kappa shape index (κ1) is 10.4. The minimum atomic E-state index is -0.572. The van der Waals surface area contributed by atoms with Crippen molar-refractivity contribution in [3.05, 3.63) is 0 Å². The number of carbonyl (C=O) groups is 1. The minimum absolute atomic E-state index is 0.136. The molecule has 3 nitrogen and oxygen atoms in total. The molecule has 0 aromatic rings. The molecule has 1 unspecified atom stereocenters. The van der Waals surface area contributed by atoms with Crippen molar-refractivity contribution in [3.8, 4) is 0 Å². The fourth-order valence-corrected chi connectivity index (χ4v) is 1.67. The molecule has 0 aromatic heterocycles. The molecular formula is C10H18O3. The van der Waals surface area contributed by atoms with Gasteiger partial charge in [-0.25, -0.2) is 4.79 Å². The Balaban J connectivity index is 3.10. The van der Waals surface area contributed by atoms with Crippen molar-refractivity contribution in [2.45, 2.75) is 52.7 Å². The fourth-order valence-electron chi connectivity index (χ4n) is 1.67. The summed E-state index contributed by atoms with van der Waals surface area (Å²) in [6.45, 7) is 11.8. The van der Waals surface area contributed by atoms with Crippen LogP contribution in [-0.4, -0.2) is 17.4 Å². The highest BCUT2D eigenvalue weighted by Crippen LogP contribution is 2.47. The maximum Gasteiger partial charge on any atom is 0.509 e. The van der Waals surface area contributed by atoms with Crippen LogP contribution in [0.1, 0.15) is 41.5 Å². The summed E-state index contributed by atoms with van der Waals surface area (Å²) in [7, 11) is 0. The molecule has 1 fully saturated rings. The first-order valence-corrected chi connectivity index (χ1v) is 4.52. The van der Waals surface area contributed by atoms with Gasteiger partial charge in [-0.2, -0.15) is 0 Å². The van der Waals surface area contributed by atoms with E-state index in [-0.39, 0.29) is 5.41 Å². The van der Waals surface area contributed by atoms with Crippen molar-refractivity contribution in [1.29, 1.82) is 0 Å². The molecule has 0 spiro atoms. The number of cyclic esters (lactones) is 2. The largest absolute Gasteiger partial charge is 0.509 e. The maximum atomic E-state index is 11.1. The third-order valence-electron chi connectivity index (χ3n) is 3.21. The lowest BCUT2D eigenvalue weighted by Gasteiger charge is -2.42. The standard InChI is InChI=1S/C10H18O3/c1-8(2,3)10(6)9(4,5)12-7(11)13-10/h1-6H3. The lowest BCUT2D eigenvalue weighted by Crippen LogP contribution is -2.54. The van der Waals surface area contributed by atoms with Gasteiger partial charge in [-0.15, -0.1) is 0 Å². The molecule has 0 N–H and O–H groups in total. The topological polar surface area (TPSA) is 35.5 Å². The van der Waals surface area contributed by atoms with Crippen LogP contribution in [0.4, 0.5) is 4.79 Å². The van der Waals surface area contributed by atoms with Gasteiger partial charge < -0.3 is 9.47 Å². The summed E-state index contributed by atoms with van der Waals surface area (Å²) in [4.78, 5) is 11.1. The molecule has 0 aliphatic carbocycles. The minimum Gasteiger partial charge on any atom is -0.424 e. The zero-order chi connectivity index (χ0) is 10.5.